The van der Waals surface area contributed by atoms with Gasteiger partial charge in [-0.3, -0.25) is 4.79 Å². The number of nitrogens with one attached hydrogen (secondary N) is 1. The van der Waals surface area contributed by atoms with Gasteiger partial charge in [0.2, 0.25) is 5.91 Å². The molecule has 0 bridgehead atoms. The normalized spacial score (nSPS) is 13.8. The molecule has 0 atom stereocenters. The zero-order valence-electron chi connectivity index (χ0n) is 14.8. The highest BCUT2D eigenvalue weighted by molar-refractivity contribution is 7.99. The quantitative estimate of drug-likeness (QED) is 0.504. The minimum absolute atomic E-state index is 0.261. The number of hydrogen-bond acceptors (Lipinski definition) is 3. The number of benzene rings is 2. The number of anilines is 1. The third-order valence-corrected chi connectivity index (χ3v) is 6.00. The van der Waals surface area contributed by atoms with E-state index < -0.39 is 0 Å². The first-order valence-electron chi connectivity index (χ1n) is 9.26. The molecule has 5 heteroatoms. The van der Waals surface area contributed by atoms with Crippen molar-refractivity contribution in [2.24, 2.45) is 0 Å². The highest BCUT2D eigenvalue weighted by Gasteiger charge is 2.21. The lowest BCUT2D eigenvalue weighted by Gasteiger charge is -2.29. The Hall–Kier alpha value is -2.27. The van der Waals surface area contributed by atoms with E-state index in [1.165, 1.54) is 10.5 Å². The summed E-state index contributed by atoms with van der Waals surface area (Å²) in [6, 6.07) is 14.5. The summed E-state index contributed by atoms with van der Waals surface area (Å²) < 4.78 is 0. The number of nitrogens with zero attached hydrogens (tertiary/aromatic N) is 2. The summed E-state index contributed by atoms with van der Waals surface area (Å²) in [5.41, 5.74) is 4.53. The summed E-state index contributed by atoms with van der Waals surface area (Å²) in [7, 11) is 0. The van der Waals surface area contributed by atoms with Crippen LogP contribution in [0.5, 0.6) is 0 Å². The number of aromatic amines is 1. The van der Waals surface area contributed by atoms with Gasteiger partial charge in [0.25, 0.3) is 0 Å². The van der Waals surface area contributed by atoms with Crippen LogP contribution in [0.2, 0.25) is 0 Å². The minimum Gasteiger partial charge on any atom is -0.345 e. The maximum absolute atomic E-state index is 12.6. The second kappa shape index (κ2) is 7.96. The van der Waals surface area contributed by atoms with Crippen LogP contribution in [0.4, 0.5) is 5.69 Å². The molecule has 1 N–H and O–H groups in total. The van der Waals surface area contributed by atoms with E-state index in [-0.39, 0.29) is 5.91 Å². The van der Waals surface area contributed by atoms with Crippen molar-refractivity contribution in [3.05, 3.63) is 54.4 Å². The first-order chi connectivity index (χ1) is 12.8. The Bertz CT molecular complexity index is 905. The third-order valence-electron chi connectivity index (χ3n) is 4.87. The van der Waals surface area contributed by atoms with Gasteiger partial charge in [0.1, 0.15) is 5.52 Å². The van der Waals surface area contributed by atoms with Crippen molar-refractivity contribution in [3.63, 3.8) is 0 Å². The van der Waals surface area contributed by atoms with Crippen molar-refractivity contribution >= 4 is 34.4 Å². The van der Waals surface area contributed by atoms with Gasteiger partial charge in [0, 0.05) is 23.5 Å². The van der Waals surface area contributed by atoms with Crippen LogP contribution >= 0.6 is 11.8 Å². The number of amides is 1. The average Bonchev–Trinajstić information content (AvgIpc) is 3.16. The van der Waals surface area contributed by atoms with E-state index in [1.54, 1.807) is 6.33 Å². The lowest BCUT2D eigenvalue weighted by molar-refractivity contribution is -0.118. The molecule has 4 rings (SSSR count). The summed E-state index contributed by atoms with van der Waals surface area (Å²) in [4.78, 5) is 23.4. The summed E-state index contributed by atoms with van der Waals surface area (Å²) in [5, 5.41) is 0. The molecule has 3 aromatic rings. The maximum atomic E-state index is 12.6. The monoisotopic (exact) mass is 365 g/mol. The second-order valence-electron chi connectivity index (χ2n) is 6.64. The smallest absolute Gasteiger partial charge is 0.226 e. The van der Waals surface area contributed by atoms with Gasteiger partial charge >= 0.3 is 0 Å². The van der Waals surface area contributed by atoms with Gasteiger partial charge in [0.05, 0.1) is 11.8 Å². The summed E-state index contributed by atoms with van der Waals surface area (Å²) in [5.74, 6) is 1.27. The SMILES string of the molecule is O=C(CCCCSc1cccc2[nH]cnc12)N1CCCc2ccccc21. The van der Waals surface area contributed by atoms with Crippen LogP contribution in [0.3, 0.4) is 0 Å². The summed E-state index contributed by atoms with van der Waals surface area (Å²) >= 11 is 1.82. The van der Waals surface area contributed by atoms with E-state index in [0.717, 1.165) is 54.7 Å². The fourth-order valence-corrected chi connectivity index (χ4v) is 4.59. The lowest BCUT2D eigenvalue weighted by Crippen LogP contribution is -2.35. The molecule has 0 unspecified atom stereocenters. The van der Waals surface area contributed by atoms with Gasteiger partial charge in [-0.05, 0) is 55.2 Å². The molecule has 0 saturated heterocycles. The zero-order chi connectivity index (χ0) is 17.8. The highest BCUT2D eigenvalue weighted by Crippen LogP contribution is 2.28. The molecule has 26 heavy (non-hydrogen) atoms. The number of hydrogen-bond donors (Lipinski definition) is 1. The molecular formula is C21H23N3OS. The zero-order valence-corrected chi connectivity index (χ0v) is 15.6. The van der Waals surface area contributed by atoms with Crippen LogP contribution in [0, 0.1) is 0 Å². The van der Waals surface area contributed by atoms with E-state index in [1.807, 2.05) is 28.8 Å². The van der Waals surface area contributed by atoms with Gasteiger partial charge in [-0.2, -0.15) is 0 Å². The first-order valence-corrected chi connectivity index (χ1v) is 10.2. The number of unbranched alkanes of at least 4 members (excludes halogenated alkanes) is 1. The Balaban J connectivity index is 1.26. The molecule has 1 aromatic heterocycles. The highest BCUT2D eigenvalue weighted by atomic mass is 32.2. The number of carbonyl (C=O) groups excluding carboxylic acids is 1. The molecule has 1 amide bonds. The molecule has 1 aliphatic rings. The summed E-state index contributed by atoms with van der Waals surface area (Å²) in [6.07, 6.45) is 6.47. The van der Waals surface area contributed by atoms with Crippen molar-refractivity contribution < 1.29 is 4.79 Å². The summed E-state index contributed by atoms with van der Waals surface area (Å²) in [6.45, 7) is 0.853. The number of thioether (sulfide) groups is 1. The number of fused-ring (bicyclic) bond motifs is 2. The molecule has 134 valence electrons. The predicted molar refractivity (Wildman–Crippen MR) is 108 cm³/mol. The molecule has 0 spiro atoms. The largest absolute Gasteiger partial charge is 0.345 e. The number of carbonyl (C=O) groups is 1. The van der Waals surface area contributed by atoms with Crippen molar-refractivity contribution in [2.75, 3.05) is 17.2 Å². The number of para-hydroxylation sites is 2. The van der Waals surface area contributed by atoms with Crippen molar-refractivity contribution in [1.82, 2.24) is 9.97 Å². The van der Waals surface area contributed by atoms with Crippen LogP contribution in [0.1, 0.15) is 31.2 Å². The molecule has 2 heterocycles. The Morgan fingerprint density at radius 2 is 2.08 bits per heavy atom. The minimum atomic E-state index is 0.261. The molecular weight excluding hydrogens is 342 g/mol. The Morgan fingerprint density at radius 3 is 3.04 bits per heavy atom. The molecule has 0 radical (unpaired) electrons. The number of imidazole rings is 1. The molecule has 4 nitrogen and oxygen atoms in total. The van der Waals surface area contributed by atoms with E-state index in [9.17, 15) is 4.79 Å². The Kier molecular flexibility index (Phi) is 5.25. The van der Waals surface area contributed by atoms with Gasteiger partial charge in [-0.1, -0.05) is 24.3 Å². The van der Waals surface area contributed by atoms with Crippen LogP contribution in [-0.4, -0.2) is 28.2 Å². The van der Waals surface area contributed by atoms with Crippen LogP contribution in [0.25, 0.3) is 11.0 Å². The molecule has 0 fully saturated rings. The van der Waals surface area contributed by atoms with E-state index in [2.05, 4.69) is 40.3 Å². The average molecular weight is 366 g/mol. The predicted octanol–water partition coefficient (Wildman–Crippen LogP) is 4.80. The van der Waals surface area contributed by atoms with Crippen LogP contribution in [0.15, 0.2) is 53.7 Å². The topological polar surface area (TPSA) is 49.0 Å². The molecule has 1 aliphatic heterocycles. The van der Waals surface area contributed by atoms with Crippen LogP contribution < -0.4 is 4.90 Å². The number of aryl methyl sites for hydroxylation is 1. The number of H-pyrrole nitrogens is 1. The van der Waals surface area contributed by atoms with Gasteiger partial charge < -0.3 is 9.88 Å². The fraction of sp³-hybridized carbons (Fsp3) is 0.333. The van der Waals surface area contributed by atoms with Crippen LogP contribution in [-0.2, 0) is 11.2 Å². The van der Waals surface area contributed by atoms with E-state index >= 15 is 0 Å². The Morgan fingerprint density at radius 1 is 1.15 bits per heavy atom. The Labute approximate surface area is 158 Å². The molecule has 2 aromatic carbocycles. The van der Waals surface area contributed by atoms with Gasteiger partial charge in [-0.15, -0.1) is 11.8 Å². The van der Waals surface area contributed by atoms with E-state index in [0.29, 0.717) is 6.42 Å². The van der Waals surface area contributed by atoms with Gasteiger partial charge in [0.15, 0.2) is 0 Å². The lowest BCUT2D eigenvalue weighted by atomic mass is 10.0. The van der Waals surface area contributed by atoms with Crippen molar-refractivity contribution in [1.29, 1.82) is 0 Å². The molecule has 0 saturated carbocycles. The van der Waals surface area contributed by atoms with Crippen molar-refractivity contribution in [3.8, 4) is 0 Å². The third kappa shape index (κ3) is 3.63. The maximum Gasteiger partial charge on any atom is 0.226 e. The standard InChI is InChI=1S/C21H23N3OS/c25-20(24-13-6-8-16-7-1-2-10-18(16)24)12-3-4-14-26-19-11-5-9-17-21(19)23-15-22-17/h1-2,5,7,9-11,15H,3-4,6,8,12-14H2,(H,22,23). The van der Waals surface area contributed by atoms with Crippen molar-refractivity contribution in [2.45, 2.75) is 37.0 Å². The number of aromatic nitrogens is 2. The van der Waals surface area contributed by atoms with E-state index in [4.69, 9.17) is 0 Å². The molecule has 0 aliphatic carbocycles. The second-order valence-corrected chi connectivity index (χ2v) is 7.77. The van der Waals surface area contributed by atoms with Gasteiger partial charge in [-0.25, -0.2) is 4.98 Å². The number of rotatable bonds is 6. The fourth-order valence-electron chi connectivity index (χ4n) is 3.54. The first kappa shape index (κ1) is 17.2.